The Morgan fingerprint density at radius 1 is 1.50 bits per heavy atom. The number of hydrogen-bond donors (Lipinski definition) is 0. The highest BCUT2D eigenvalue weighted by Crippen LogP contribution is 2.23. The van der Waals surface area contributed by atoms with Gasteiger partial charge < -0.3 is 4.74 Å². The van der Waals surface area contributed by atoms with E-state index < -0.39 is 0 Å². The van der Waals surface area contributed by atoms with Crippen molar-refractivity contribution in [3.63, 3.8) is 0 Å². The van der Waals surface area contributed by atoms with Crippen LogP contribution in [0.1, 0.15) is 25.8 Å². The average molecular weight is 224 g/mol. The molecule has 0 saturated heterocycles. The van der Waals surface area contributed by atoms with E-state index in [9.17, 15) is 9.18 Å². The summed E-state index contributed by atoms with van der Waals surface area (Å²) in [5.41, 5.74) is 0.543. The molecule has 1 aromatic carbocycles. The van der Waals surface area contributed by atoms with Gasteiger partial charge in [-0.1, -0.05) is 19.1 Å². The van der Waals surface area contributed by atoms with Gasteiger partial charge in [-0.3, -0.25) is 4.79 Å². The maximum absolute atomic E-state index is 13.8. The van der Waals surface area contributed by atoms with Crippen molar-refractivity contribution in [3.8, 4) is 5.75 Å². The standard InChI is InChI=1S/C13H17FO2/c1-4-10(9(2)15)8-11-6-5-7-12(16-3)13(11)14/h5-7,10H,4,8H2,1-3H3. The molecule has 0 aliphatic heterocycles. The van der Waals surface area contributed by atoms with Crippen molar-refractivity contribution < 1.29 is 13.9 Å². The highest BCUT2D eigenvalue weighted by atomic mass is 19.1. The maximum Gasteiger partial charge on any atom is 0.168 e. The molecule has 16 heavy (non-hydrogen) atoms. The Bertz CT molecular complexity index is 374. The molecule has 1 atom stereocenters. The van der Waals surface area contributed by atoms with Crippen LogP contribution in [-0.4, -0.2) is 12.9 Å². The molecule has 3 heteroatoms. The lowest BCUT2D eigenvalue weighted by molar-refractivity contribution is -0.120. The number of carbonyl (C=O) groups excluding carboxylic acids is 1. The summed E-state index contributed by atoms with van der Waals surface area (Å²) in [6.45, 7) is 3.48. The molecular weight excluding hydrogens is 207 g/mol. The minimum absolute atomic E-state index is 0.102. The minimum atomic E-state index is -0.357. The number of ketones is 1. The first kappa shape index (κ1) is 12.7. The Kier molecular flexibility index (Phi) is 4.47. The van der Waals surface area contributed by atoms with Gasteiger partial charge in [0.05, 0.1) is 7.11 Å². The van der Waals surface area contributed by atoms with Crippen LogP contribution in [0.2, 0.25) is 0 Å². The summed E-state index contributed by atoms with van der Waals surface area (Å²) in [4.78, 5) is 11.3. The molecule has 1 unspecified atom stereocenters. The zero-order valence-electron chi connectivity index (χ0n) is 9.92. The van der Waals surface area contributed by atoms with Gasteiger partial charge in [0.15, 0.2) is 11.6 Å². The lowest BCUT2D eigenvalue weighted by Gasteiger charge is -2.13. The Hall–Kier alpha value is -1.38. The van der Waals surface area contributed by atoms with Crippen molar-refractivity contribution in [1.82, 2.24) is 0 Å². The molecule has 0 fully saturated rings. The largest absolute Gasteiger partial charge is 0.494 e. The number of halogens is 1. The van der Waals surface area contributed by atoms with Crippen LogP contribution in [-0.2, 0) is 11.2 Å². The second kappa shape index (κ2) is 5.64. The molecule has 0 aromatic heterocycles. The van der Waals surface area contributed by atoms with Gasteiger partial charge in [0.25, 0.3) is 0 Å². The molecule has 0 N–H and O–H groups in total. The van der Waals surface area contributed by atoms with Gasteiger partial charge in [0.1, 0.15) is 5.78 Å². The molecule has 2 nitrogen and oxygen atoms in total. The first-order valence-corrected chi connectivity index (χ1v) is 5.42. The van der Waals surface area contributed by atoms with E-state index in [1.165, 1.54) is 7.11 Å². The molecule has 88 valence electrons. The van der Waals surface area contributed by atoms with Crippen molar-refractivity contribution in [2.24, 2.45) is 5.92 Å². The van der Waals surface area contributed by atoms with E-state index in [2.05, 4.69) is 0 Å². The Morgan fingerprint density at radius 2 is 2.19 bits per heavy atom. The molecule has 0 radical (unpaired) electrons. The third kappa shape index (κ3) is 2.81. The van der Waals surface area contributed by atoms with Crippen molar-refractivity contribution in [2.75, 3.05) is 7.11 Å². The number of Topliss-reactive ketones (excluding diaryl/α,β-unsaturated/α-hetero) is 1. The van der Waals surface area contributed by atoms with Crippen LogP contribution in [0.25, 0.3) is 0 Å². The van der Waals surface area contributed by atoms with Crippen LogP contribution in [0.3, 0.4) is 0 Å². The number of rotatable bonds is 5. The monoisotopic (exact) mass is 224 g/mol. The van der Waals surface area contributed by atoms with Crippen LogP contribution in [0, 0.1) is 11.7 Å². The smallest absolute Gasteiger partial charge is 0.168 e. The maximum atomic E-state index is 13.8. The van der Waals surface area contributed by atoms with E-state index in [0.29, 0.717) is 12.0 Å². The van der Waals surface area contributed by atoms with Crippen LogP contribution < -0.4 is 4.74 Å². The summed E-state index contributed by atoms with van der Waals surface area (Å²) in [6.07, 6.45) is 1.17. The molecule has 1 aromatic rings. The SMILES string of the molecule is CCC(Cc1cccc(OC)c1F)C(C)=O. The zero-order valence-corrected chi connectivity index (χ0v) is 9.92. The van der Waals surface area contributed by atoms with Crippen molar-refractivity contribution in [1.29, 1.82) is 0 Å². The number of carbonyl (C=O) groups is 1. The predicted octanol–water partition coefficient (Wildman–Crippen LogP) is 2.99. The number of methoxy groups -OCH3 is 1. The summed E-state index contributed by atoms with van der Waals surface area (Å²) < 4.78 is 18.7. The van der Waals surface area contributed by atoms with Gasteiger partial charge in [-0.15, -0.1) is 0 Å². The fourth-order valence-corrected chi connectivity index (χ4v) is 1.71. The topological polar surface area (TPSA) is 26.3 Å². The van der Waals surface area contributed by atoms with Crippen LogP contribution in [0.4, 0.5) is 4.39 Å². The Balaban J connectivity index is 2.92. The summed E-state index contributed by atoms with van der Waals surface area (Å²) in [7, 11) is 1.43. The molecular formula is C13H17FO2. The molecule has 0 aliphatic rings. The van der Waals surface area contributed by atoms with E-state index in [4.69, 9.17) is 4.74 Å². The summed E-state index contributed by atoms with van der Waals surface area (Å²) in [5.74, 6) is -0.132. The van der Waals surface area contributed by atoms with Gasteiger partial charge in [0.2, 0.25) is 0 Å². The summed E-state index contributed by atoms with van der Waals surface area (Å²) in [5, 5.41) is 0. The zero-order chi connectivity index (χ0) is 12.1. The van der Waals surface area contributed by atoms with Gasteiger partial charge in [0, 0.05) is 5.92 Å². The molecule has 1 rings (SSSR count). The molecule has 0 heterocycles. The lowest BCUT2D eigenvalue weighted by atomic mass is 9.93. The van der Waals surface area contributed by atoms with E-state index in [1.54, 1.807) is 25.1 Å². The number of benzene rings is 1. The molecule has 0 aliphatic carbocycles. The lowest BCUT2D eigenvalue weighted by Crippen LogP contribution is -2.13. The summed E-state index contributed by atoms with van der Waals surface area (Å²) >= 11 is 0. The quantitative estimate of drug-likeness (QED) is 0.768. The number of ether oxygens (including phenoxy) is 1. The Labute approximate surface area is 95.4 Å². The van der Waals surface area contributed by atoms with E-state index >= 15 is 0 Å². The van der Waals surface area contributed by atoms with Crippen LogP contribution in [0.15, 0.2) is 18.2 Å². The highest BCUT2D eigenvalue weighted by molar-refractivity contribution is 5.78. The van der Waals surface area contributed by atoms with Crippen LogP contribution in [0.5, 0.6) is 5.75 Å². The fraction of sp³-hybridized carbons (Fsp3) is 0.462. The second-order valence-corrected chi connectivity index (χ2v) is 3.85. The number of hydrogen-bond acceptors (Lipinski definition) is 2. The highest BCUT2D eigenvalue weighted by Gasteiger charge is 2.16. The fourth-order valence-electron chi connectivity index (χ4n) is 1.71. The van der Waals surface area contributed by atoms with Crippen molar-refractivity contribution >= 4 is 5.78 Å². The van der Waals surface area contributed by atoms with E-state index in [1.807, 2.05) is 6.92 Å². The van der Waals surface area contributed by atoms with Gasteiger partial charge in [-0.2, -0.15) is 0 Å². The first-order valence-electron chi connectivity index (χ1n) is 5.42. The second-order valence-electron chi connectivity index (χ2n) is 3.85. The predicted molar refractivity (Wildman–Crippen MR) is 61.1 cm³/mol. The molecule has 0 bridgehead atoms. The van der Waals surface area contributed by atoms with Gasteiger partial charge in [-0.05, 0) is 31.4 Å². The first-order chi connectivity index (χ1) is 7.60. The Morgan fingerprint density at radius 3 is 2.69 bits per heavy atom. The van der Waals surface area contributed by atoms with Crippen molar-refractivity contribution in [2.45, 2.75) is 26.7 Å². The molecule has 0 saturated carbocycles. The third-order valence-electron chi connectivity index (χ3n) is 2.80. The molecule has 0 amide bonds. The average Bonchev–Trinajstić information content (AvgIpc) is 2.27. The third-order valence-corrected chi connectivity index (χ3v) is 2.80. The van der Waals surface area contributed by atoms with Gasteiger partial charge in [-0.25, -0.2) is 4.39 Å². The van der Waals surface area contributed by atoms with Crippen molar-refractivity contribution in [3.05, 3.63) is 29.6 Å². The van der Waals surface area contributed by atoms with E-state index in [-0.39, 0.29) is 23.3 Å². The minimum Gasteiger partial charge on any atom is -0.494 e. The van der Waals surface area contributed by atoms with Gasteiger partial charge >= 0.3 is 0 Å². The molecule has 0 spiro atoms. The van der Waals surface area contributed by atoms with Crippen LogP contribution >= 0.6 is 0 Å². The normalized spacial score (nSPS) is 12.2. The summed E-state index contributed by atoms with van der Waals surface area (Å²) in [6, 6.07) is 5.01. The van der Waals surface area contributed by atoms with E-state index in [0.717, 1.165) is 6.42 Å².